The summed E-state index contributed by atoms with van der Waals surface area (Å²) in [5.41, 5.74) is 19.5. The van der Waals surface area contributed by atoms with Crippen LogP contribution in [0.4, 0.5) is 45.5 Å². The van der Waals surface area contributed by atoms with E-state index in [1.807, 2.05) is 0 Å². The lowest BCUT2D eigenvalue weighted by Gasteiger charge is -2.52. The molecule has 12 rings (SSSR count). The number of rotatable bonds is 5. The van der Waals surface area contributed by atoms with Crippen LogP contribution < -0.4 is 31.1 Å². The normalized spacial score (nSPS) is 19.5. The average molecular weight is 760 g/mol. The highest BCUT2D eigenvalue weighted by molar-refractivity contribution is 7.00. The molecule has 3 aliphatic heterocycles. The van der Waals surface area contributed by atoms with Crippen LogP contribution in [-0.2, 0) is 5.41 Å². The molecule has 8 aromatic rings. The molecule has 3 nitrogen and oxygen atoms in total. The van der Waals surface area contributed by atoms with Crippen molar-refractivity contribution in [2.24, 2.45) is 0 Å². The molecular formula is C55H46BN3. The Morgan fingerprint density at radius 1 is 0.525 bits per heavy atom. The lowest BCUT2D eigenvalue weighted by Crippen LogP contribution is -2.64. The van der Waals surface area contributed by atoms with Crippen LogP contribution in [0.1, 0.15) is 50.7 Å². The summed E-state index contributed by atoms with van der Waals surface area (Å²) in [5.74, 6) is 0. The highest BCUT2D eigenvalue weighted by Crippen LogP contribution is 2.61. The summed E-state index contributed by atoms with van der Waals surface area (Å²) in [6.07, 6.45) is 4.98. The molecule has 0 spiro atoms. The summed E-state index contributed by atoms with van der Waals surface area (Å²) in [4.78, 5) is 7.81. The Morgan fingerprint density at radius 2 is 1.22 bits per heavy atom. The molecule has 2 atom stereocenters. The van der Waals surface area contributed by atoms with Crippen LogP contribution in [0.2, 0.25) is 0 Å². The van der Waals surface area contributed by atoms with E-state index in [-0.39, 0.29) is 17.7 Å². The van der Waals surface area contributed by atoms with Crippen molar-refractivity contribution in [3.63, 3.8) is 0 Å². The van der Waals surface area contributed by atoms with Gasteiger partial charge in [0.2, 0.25) is 0 Å². The summed E-state index contributed by atoms with van der Waals surface area (Å²) in [6.45, 7) is 7.54. The molecule has 3 heterocycles. The van der Waals surface area contributed by atoms with Crippen LogP contribution in [0.25, 0.3) is 21.9 Å². The largest absolute Gasteiger partial charge is 0.335 e. The summed E-state index contributed by atoms with van der Waals surface area (Å²) in [7, 11) is 0. The third-order valence-electron chi connectivity index (χ3n) is 14.6. The van der Waals surface area contributed by atoms with Gasteiger partial charge < -0.3 is 14.7 Å². The molecule has 8 aromatic carbocycles. The minimum absolute atomic E-state index is 0.00943. The first-order valence-corrected chi connectivity index (χ1v) is 21.4. The quantitative estimate of drug-likeness (QED) is 0.162. The second-order valence-corrected chi connectivity index (χ2v) is 17.7. The maximum absolute atomic E-state index is 2.82. The Hall–Kier alpha value is -6.52. The topological polar surface area (TPSA) is 9.72 Å². The van der Waals surface area contributed by atoms with Gasteiger partial charge in [0.15, 0.2) is 0 Å². The highest BCUT2D eigenvalue weighted by Gasteiger charge is 2.61. The molecule has 0 amide bonds. The number of hydrogen-bond acceptors (Lipinski definition) is 3. The molecule has 4 heteroatoms. The van der Waals surface area contributed by atoms with Gasteiger partial charge in [-0.2, -0.15) is 0 Å². The van der Waals surface area contributed by atoms with Gasteiger partial charge >= 0.3 is 0 Å². The standard InChI is InChI=1S/C55H46BN3/c1-37-32-50-52-51(33-37)59-53-46(54(2)30-12-13-31-55(54,59)3)24-15-25-48(53)56(52)47-29-28-45(36-49(47)58(50)43-21-8-5-9-22-43)57(42-19-6-4-7-20-42)44-23-14-18-40(35-44)41-27-26-38-16-10-11-17-39(38)34-41/h4-11,14-29,32-36H,12-13,30-31H2,1-3H3. The molecule has 59 heavy (non-hydrogen) atoms. The smallest absolute Gasteiger partial charge is 0.252 e. The minimum atomic E-state index is 0.00943. The highest BCUT2D eigenvalue weighted by atomic mass is 15.3. The van der Waals surface area contributed by atoms with E-state index >= 15 is 0 Å². The van der Waals surface area contributed by atoms with E-state index in [2.05, 4.69) is 211 Å². The maximum atomic E-state index is 2.82. The molecule has 2 unspecified atom stereocenters. The van der Waals surface area contributed by atoms with Crippen molar-refractivity contribution in [3.8, 4) is 11.1 Å². The number of nitrogens with zero attached hydrogens (tertiary/aromatic N) is 3. The second kappa shape index (κ2) is 12.7. The van der Waals surface area contributed by atoms with E-state index < -0.39 is 0 Å². The molecule has 1 saturated carbocycles. The fourth-order valence-electron chi connectivity index (χ4n) is 11.6. The van der Waals surface area contributed by atoms with Crippen LogP contribution in [0, 0.1) is 6.92 Å². The van der Waals surface area contributed by atoms with Gasteiger partial charge in [0, 0.05) is 50.9 Å². The van der Waals surface area contributed by atoms with E-state index in [0.717, 1.165) is 17.1 Å². The summed E-state index contributed by atoms with van der Waals surface area (Å²) in [6, 6.07) is 65.8. The monoisotopic (exact) mass is 759 g/mol. The molecule has 0 saturated heterocycles. The number of benzene rings is 8. The van der Waals surface area contributed by atoms with E-state index in [1.165, 1.54) is 104 Å². The second-order valence-electron chi connectivity index (χ2n) is 17.7. The number of aryl methyl sites for hydroxylation is 1. The Balaban J connectivity index is 1.09. The van der Waals surface area contributed by atoms with Crippen LogP contribution >= 0.6 is 0 Å². The van der Waals surface area contributed by atoms with Crippen molar-refractivity contribution in [3.05, 3.63) is 187 Å². The number of para-hydroxylation sites is 3. The van der Waals surface area contributed by atoms with Gasteiger partial charge in [-0.15, -0.1) is 0 Å². The zero-order chi connectivity index (χ0) is 39.5. The van der Waals surface area contributed by atoms with Crippen molar-refractivity contribution in [2.75, 3.05) is 14.7 Å². The van der Waals surface area contributed by atoms with E-state index in [0.29, 0.717) is 0 Å². The van der Waals surface area contributed by atoms with Crippen LogP contribution in [0.5, 0.6) is 0 Å². The Morgan fingerprint density at radius 3 is 2.07 bits per heavy atom. The predicted octanol–water partition coefficient (Wildman–Crippen LogP) is 12.6. The number of anilines is 8. The Labute approximate surface area is 348 Å². The van der Waals surface area contributed by atoms with Gasteiger partial charge in [-0.1, -0.05) is 129 Å². The lowest BCUT2D eigenvalue weighted by atomic mass is 9.33. The van der Waals surface area contributed by atoms with Gasteiger partial charge in [0.1, 0.15) is 0 Å². The summed E-state index contributed by atoms with van der Waals surface area (Å²) in [5, 5.41) is 2.51. The average Bonchev–Trinajstić information content (AvgIpc) is 3.49. The number of hydrogen-bond donors (Lipinski definition) is 0. The molecule has 4 aliphatic rings. The first-order chi connectivity index (χ1) is 28.9. The van der Waals surface area contributed by atoms with Crippen LogP contribution in [0.15, 0.2) is 176 Å². The fourth-order valence-corrected chi connectivity index (χ4v) is 11.6. The van der Waals surface area contributed by atoms with Crippen LogP contribution in [0.3, 0.4) is 0 Å². The van der Waals surface area contributed by atoms with Crippen molar-refractivity contribution >= 4 is 79.4 Å². The molecule has 1 fully saturated rings. The molecule has 0 N–H and O–H groups in total. The van der Waals surface area contributed by atoms with E-state index in [1.54, 1.807) is 0 Å². The van der Waals surface area contributed by atoms with Crippen LogP contribution in [-0.4, -0.2) is 12.3 Å². The Bertz CT molecular complexity index is 2980. The van der Waals surface area contributed by atoms with E-state index in [4.69, 9.17) is 0 Å². The Kier molecular flexibility index (Phi) is 7.45. The van der Waals surface area contributed by atoms with Gasteiger partial charge in [-0.25, -0.2) is 0 Å². The van der Waals surface area contributed by atoms with Crippen molar-refractivity contribution in [2.45, 2.75) is 57.4 Å². The van der Waals surface area contributed by atoms with Crippen molar-refractivity contribution in [1.82, 2.24) is 0 Å². The molecular weight excluding hydrogens is 713 g/mol. The zero-order valence-electron chi connectivity index (χ0n) is 34.0. The number of fused-ring (bicyclic) bond motifs is 8. The van der Waals surface area contributed by atoms with Gasteiger partial charge in [0.05, 0.1) is 5.54 Å². The molecule has 0 bridgehead atoms. The SMILES string of the molecule is Cc1cc2c3c(c1)N1c4c(cccc4C4(C)CCCCC14C)B3c1ccc(N(c3ccccc3)c3cccc(-c4ccc5ccccc5c4)c3)cc1N2c1ccccc1. The van der Waals surface area contributed by atoms with Gasteiger partial charge in [-0.3, -0.25) is 0 Å². The van der Waals surface area contributed by atoms with E-state index in [9.17, 15) is 0 Å². The van der Waals surface area contributed by atoms with Gasteiger partial charge in [-0.05, 0) is 143 Å². The first-order valence-electron chi connectivity index (χ1n) is 21.4. The lowest BCUT2D eigenvalue weighted by molar-refractivity contribution is 0.195. The summed E-state index contributed by atoms with van der Waals surface area (Å²) < 4.78 is 0. The zero-order valence-corrected chi connectivity index (χ0v) is 34.0. The molecule has 1 aliphatic carbocycles. The van der Waals surface area contributed by atoms with Gasteiger partial charge in [0.25, 0.3) is 6.71 Å². The maximum Gasteiger partial charge on any atom is 0.252 e. The minimum Gasteiger partial charge on any atom is -0.335 e. The molecule has 0 aromatic heterocycles. The van der Waals surface area contributed by atoms with Crippen molar-refractivity contribution < 1.29 is 0 Å². The summed E-state index contributed by atoms with van der Waals surface area (Å²) >= 11 is 0. The van der Waals surface area contributed by atoms with Crippen molar-refractivity contribution in [1.29, 1.82) is 0 Å². The predicted molar refractivity (Wildman–Crippen MR) is 251 cm³/mol. The first kappa shape index (κ1) is 34.5. The third-order valence-corrected chi connectivity index (χ3v) is 14.6. The molecule has 0 radical (unpaired) electrons. The molecule has 284 valence electrons. The third kappa shape index (κ3) is 4.90. The fraction of sp³-hybridized carbons (Fsp3) is 0.164.